The molecular formula is C15H19NO3. The molecule has 1 aromatic carbocycles. The predicted octanol–water partition coefficient (Wildman–Crippen LogP) is 1.51. The van der Waals surface area contributed by atoms with Crippen molar-refractivity contribution in [2.24, 2.45) is 0 Å². The predicted molar refractivity (Wildman–Crippen MR) is 72.7 cm³/mol. The molecule has 2 aromatic rings. The normalized spacial score (nSPS) is 14.2. The molecule has 0 aliphatic carbocycles. The number of rotatable bonds is 7. The van der Waals surface area contributed by atoms with Gasteiger partial charge in [-0.2, -0.15) is 0 Å². The van der Waals surface area contributed by atoms with E-state index in [1.165, 1.54) is 6.26 Å². The highest BCUT2D eigenvalue weighted by Crippen LogP contribution is 2.12. The molecule has 0 bridgehead atoms. The van der Waals surface area contributed by atoms with Gasteiger partial charge in [0, 0.05) is 12.6 Å². The van der Waals surface area contributed by atoms with Crippen molar-refractivity contribution in [1.29, 1.82) is 0 Å². The summed E-state index contributed by atoms with van der Waals surface area (Å²) in [6.07, 6.45) is 1.56. The molecule has 2 unspecified atom stereocenters. The number of furan rings is 1. The van der Waals surface area contributed by atoms with Gasteiger partial charge in [0.2, 0.25) is 0 Å². The summed E-state index contributed by atoms with van der Waals surface area (Å²) in [6.45, 7) is 0.380. The Morgan fingerprint density at radius 1 is 1.11 bits per heavy atom. The Kier molecular flexibility index (Phi) is 5.15. The second-order valence-corrected chi connectivity index (χ2v) is 4.51. The summed E-state index contributed by atoms with van der Waals surface area (Å²) in [5.74, 6) is 0.531. The van der Waals surface area contributed by atoms with Crippen molar-refractivity contribution in [3.63, 3.8) is 0 Å². The van der Waals surface area contributed by atoms with Crippen LogP contribution >= 0.6 is 0 Å². The van der Waals surface area contributed by atoms with Crippen molar-refractivity contribution >= 4 is 0 Å². The number of aliphatic hydroxyl groups excluding tert-OH is 2. The largest absolute Gasteiger partial charge is 0.467 e. The smallest absolute Gasteiger partial charge is 0.133 e. The SMILES string of the molecule is OCC(Cc1ccccc1)NCC(O)c1ccco1. The van der Waals surface area contributed by atoms with E-state index in [0.717, 1.165) is 12.0 Å². The van der Waals surface area contributed by atoms with Crippen LogP contribution in [0.15, 0.2) is 53.1 Å². The zero-order valence-electron chi connectivity index (χ0n) is 10.7. The Labute approximate surface area is 112 Å². The molecule has 2 atom stereocenters. The van der Waals surface area contributed by atoms with E-state index in [4.69, 9.17) is 4.42 Å². The van der Waals surface area contributed by atoms with Crippen LogP contribution in [0.1, 0.15) is 17.4 Å². The minimum atomic E-state index is -0.695. The maximum Gasteiger partial charge on any atom is 0.133 e. The molecule has 1 heterocycles. The van der Waals surface area contributed by atoms with Gasteiger partial charge in [-0.15, -0.1) is 0 Å². The van der Waals surface area contributed by atoms with Crippen molar-refractivity contribution in [2.75, 3.05) is 13.2 Å². The van der Waals surface area contributed by atoms with Crippen LogP contribution < -0.4 is 5.32 Å². The minimum absolute atomic E-state index is 0.0275. The second-order valence-electron chi connectivity index (χ2n) is 4.51. The monoisotopic (exact) mass is 261 g/mol. The quantitative estimate of drug-likeness (QED) is 0.707. The first-order valence-electron chi connectivity index (χ1n) is 6.39. The van der Waals surface area contributed by atoms with Crippen LogP contribution in [-0.2, 0) is 6.42 Å². The Morgan fingerprint density at radius 3 is 2.53 bits per heavy atom. The van der Waals surface area contributed by atoms with Crippen molar-refractivity contribution in [1.82, 2.24) is 5.32 Å². The third-order valence-corrected chi connectivity index (χ3v) is 3.02. The van der Waals surface area contributed by atoms with Gasteiger partial charge >= 0.3 is 0 Å². The van der Waals surface area contributed by atoms with E-state index in [1.807, 2.05) is 30.3 Å². The summed E-state index contributed by atoms with van der Waals surface area (Å²) in [5, 5.41) is 22.4. The van der Waals surface area contributed by atoms with Gasteiger partial charge in [-0.25, -0.2) is 0 Å². The van der Waals surface area contributed by atoms with Gasteiger partial charge in [-0.3, -0.25) is 0 Å². The Bertz CT molecular complexity index is 456. The fraction of sp³-hybridized carbons (Fsp3) is 0.333. The van der Waals surface area contributed by atoms with Crippen molar-refractivity contribution in [2.45, 2.75) is 18.6 Å². The molecule has 3 N–H and O–H groups in total. The van der Waals surface area contributed by atoms with Gasteiger partial charge in [0.1, 0.15) is 11.9 Å². The summed E-state index contributed by atoms with van der Waals surface area (Å²) < 4.78 is 5.13. The molecule has 4 nitrogen and oxygen atoms in total. The fourth-order valence-electron chi connectivity index (χ4n) is 1.96. The van der Waals surface area contributed by atoms with Crippen LogP contribution in [0.4, 0.5) is 0 Å². The highest BCUT2D eigenvalue weighted by molar-refractivity contribution is 5.16. The standard InChI is InChI=1S/C15H19NO3/c17-11-13(9-12-5-2-1-3-6-12)16-10-14(18)15-7-4-8-19-15/h1-8,13-14,16-18H,9-11H2. The number of benzene rings is 1. The third-order valence-electron chi connectivity index (χ3n) is 3.02. The molecule has 2 rings (SSSR count). The van der Waals surface area contributed by atoms with E-state index in [1.54, 1.807) is 12.1 Å². The molecule has 19 heavy (non-hydrogen) atoms. The van der Waals surface area contributed by atoms with E-state index in [-0.39, 0.29) is 12.6 Å². The minimum Gasteiger partial charge on any atom is -0.467 e. The van der Waals surface area contributed by atoms with Gasteiger partial charge in [0.15, 0.2) is 0 Å². The van der Waals surface area contributed by atoms with Crippen LogP contribution in [0.25, 0.3) is 0 Å². The van der Waals surface area contributed by atoms with E-state index in [9.17, 15) is 10.2 Å². The molecular weight excluding hydrogens is 242 g/mol. The molecule has 4 heteroatoms. The molecule has 1 aromatic heterocycles. The molecule has 0 saturated carbocycles. The molecule has 0 spiro atoms. The summed E-state index contributed by atoms with van der Waals surface area (Å²) in [6, 6.07) is 13.4. The molecule has 0 aliphatic rings. The van der Waals surface area contributed by atoms with Crippen LogP contribution in [0, 0.1) is 0 Å². The molecule has 0 aliphatic heterocycles. The van der Waals surface area contributed by atoms with Gasteiger partial charge in [-0.1, -0.05) is 30.3 Å². The lowest BCUT2D eigenvalue weighted by Gasteiger charge is -2.18. The highest BCUT2D eigenvalue weighted by atomic mass is 16.4. The fourth-order valence-corrected chi connectivity index (χ4v) is 1.96. The van der Waals surface area contributed by atoms with Crippen LogP contribution in [0.2, 0.25) is 0 Å². The summed E-state index contributed by atoms with van der Waals surface area (Å²) in [4.78, 5) is 0. The Hall–Kier alpha value is -1.62. The zero-order valence-corrected chi connectivity index (χ0v) is 10.7. The maximum absolute atomic E-state index is 9.88. The lowest BCUT2D eigenvalue weighted by atomic mass is 10.1. The van der Waals surface area contributed by atoms with Gasteiger partial charge < -0.3 is 19.9 Å². The van der Waals surface area contributed by atoms with Crippen LogP contribution in [0.3, 0.4) is 0 Å². The lowest BCUT2D eigenvalue weighted by Crippen LogP contribution is -2.37. The molecule has 0 radical (unpaired) electrons. The summed E-state index contributed by atoms with van der Waals surface area (Å²) in [7, 11) is 0. The van der Waals surface area contributed by atoms with E-state index in [2.05, 4.69) is 5.32 Å². The average Bonchev–Trinajstić information content (AvgIpc) is 2.98. The van der Waals surface area contributed by atoms with Crippen molar-refractivity contribution < 1.29 is 14.6 Å². The van der Waals surface area contributed by atoms with Crippen molar-refractivity contribution in [3.8, 4) is 0 Å². The van der Waals surface area contributed by atoms with Gasteiger partial charge in [0.25, 0.3) is 0 Å². The number of hydrogen-bond donors (Lipinski definition) is 3. The third kappa shape index (κ3) is 4.21. The molecule has 0 saturated heterocycles. The highest BCUT2D eigenvalue weighted by Gasteiger charge is 2.13. The maximum atomic E-state index is 9.88. The Balaban J connectivity index is 1.83. The van der Waals surface area contributed by atoms with Gasteiger partial charge in [0.05, 0.1) is 12.9 Å². The summed E-state index contributed by atoms with van der Waals surface area (Å²) >= 11 is 0. The molecule has 0 amide bonds. The second kappa shape index (κ2) is 7.09. The zero-order chi connectivity index (χ0) is 13.5. The van der Waals surface area contributed by atoms with Gasteiger partial charge in [-0.05, 0) is 24.1 Å². The van der Waals surface area contributed by atoms with E-state index in [0.29, 0.717) is 12.3 Å². The number of hydrogen-bond acceptors (Lipinski definition) is 4. The van der Waals surface area contributed by atoms with Crippen LogP contribution in [0.5, 0.6) is 0 Å². The first-order valence-corrected chi connectivity index (χ1v) is 6.39. The number of nitrogens with one attached hydrogen (secondary N) is 1. The van der Waals surface area contributed by atoms with Crippen LogP contribution in [-0.4, -0.2) is 29.4 Å². The lowest BCUT2D eigenvalue weighted by molar-refractivity contribution is 0.136. The molecule has 102 valence electrons. The first kappa shape index (κ1) is 13.8. The average molecular weight is 261 g/mol. The Morgan fingerprint density at radius 2 is 1.89 bits per heavy atom. The van der Waals surface area contributed by atoms with Crippen molar-refractivity contribution in [3.05, 3.63) is 60.1 Å². The topological polar surface area (TPSA) is 65.6 Å². The van der Waals surface area contributed by atoms with E-state index < -0.39 is 6.10 Å². The number of aliphatic hydroxyl groups is 2. The first-order chi connectivity index (χ1) is 9.29. The molecule has 0 fully saturated rings. The van der Waals surface area contributed by atoms with E-state index >= 15 is 0 Å². The summed E-state index contributed by atoms with van der Waals surface area (Å²) in [5.41, 5.74) is 1.15.